The third-order valence-corrected chi connectivity index (χ3v) is 8.41. The number of likely N-dealkylation sites (tertiary alicyclic amines) is 1. The Bertz CT molecular complexity index is 643. The van der Waals surface area contributed by atoms with Crippen molar-refractivity contribution >= 4 is 23.4 Å². The average Bonchev–Trinajstić information content (AvgIpc) is 3.16. The SMILES string of the molecule is CC1CCC(N2CCC3(C2)C(=O)N(C(C)C)CC(=O)N3CC2CCC(Cl)CC2)NC1. The van der Waals surface area contributed by atoms with E-state index < -0.39 is 5.54 Å². The molecule has 2 amide bonds. The van der Waals surface area contributed by atoms with Crippen LogP contribution in [-0.2, 0) is 9.59 Å². The van der Waals surface area contributed by atoms with Gasteiger partial charge in [0, 0.05) is 31.1 Å². The van der Waals surface area contributed by atoms with Crippen molar-refractivity contribution in [2.24, 2.45) is 11.8 Å². The zero-order chi connectivity index (χ0) is 21.5. The van der Waals surface area contributed by atoms with Crippen molar-refractivity contribution in [3.8, 4) is 0 Å². The van der Waals surface area contributed by atoms with Gasteiger partial charge in [0.1, 0.15) is 12.1 Å². The zero-order valence-electron chi connectivity index (χ0n) is 18.9. The van der Waals surface area contributed by atoms with E-state index in [0.717, 1.165) is 51.6 Å². The maximum Gasteiger partial charge on any atom is 0.250 e. The van der Waals surface area contributed by atoms with Crippen LogP contribution in [0.1, 0.15) is 65.7 Å². The monoisotopic (exact) mass is 438 g/mol. The van der Waals surface area contributed by atoms with Crippen LogP contribution in [0.4, 0.5) is 0 Å². The Morgan fingerprint density at radius 2 is 1.87 bits per heavy atom. The van der Waals surface area contributed by atoms with Crippen LogP contribution in [0.25, 0.3) is 0 Å². The van der Waals surface area contributed by atoms with Crippen LogP contribution in [0.5, 0.6) is 0 Å². The lowest BCUT2D eigenvalue weighted by Crippen LogP contribution is -2.71. The van der Waals surface area contributed by atoms with Gasteiger partial charge >= 0.3 is 0 Å². The highest BCUT2D eigenvalue weighted by Gasteiger charge is 2.57. The van der Waals surface area contributed by atoms with Crippen LogP contribution >= 0.6 is 11.6 Å². The van der Waals surface area contributed by atoms with Crippen molar-refractivity contribution in [3.05, 3.63) is 0 Å². The summed E-state index contributed by atoms with van der Waals surface area (Å²) in [6.45, 7) is 9.84. The summed E-state index contributed by atoms with van der Waals surface area (Å²) in [5.41, 5.74) is -0.692. The van der Waals surface area contributed by atoms with E-state index in [1.807, 2.05) is 23.6 Å². The first-order chi connectivity index (χ1) is 14.3. The summed E-state index contributed by atoms with van der Waals surface area (Å²) in [6.07, 6.45) is 7.56. The van der Waals surface area contributed by atoms with E-state index in [1.54, 1.807) is 0 Å². The first kappa shape index (κ1) is 22.3. The lowest BCUT2D eigenvalue weighted by molar-refractivity contribution is -0.167. The molecule has 170 valence electrons. The summed E-state index contributed by atoms with van der Waals surface area (Å²) in [6, 6.07) is 0.0508. The molecule has 0 radical (unpaired) electrons. The lowest BCUT2D eigenvalue weighted by atomic mass is 9.84. The van der Waals surface area contributed by atoms with Gasteiger partial charge in [0.05, 0.1) is 6.17 Å². The molecule has 6 nitrogen and oxygen atoms in total. The predicted molar refractivity (Wildman–Crippen MR) is 119 cm³/mol. The Balaban J connectivity index is 1.55. The molecule has 0 aromatic carbocycles. The minimum Gasteiger partial charge on any atom is -0.329 e. The molecule has 0 aromatic heterocycles. The summed E-state index contributed by atoms with van der Waals surface area (Å²) in [7, 11) is 0. The lowest BCUT2D eigenvalue weighted by Gasteiger charge is -2.50. The molecule has 3 heterocycles. The van der Waals surface area contributed by atoms with Gasteiger partial charge in [-0.25, -0.2) is 0 Å². The molecule has 3 unspecified atom stereocenters. The molecule has 4 rings (SSSR count). The van der Waals surface area contributed by atoms with Crippen LogP contribution in [-0.4, -0.2) is 82.4 Å². The Labute approximate surface area is 186 Å². The Morgan fingerprint density at radius 1 is 1.13 bits per heavy atom. The van der Waals surface area contributed by atoms with Gasteiger partial charge in [-0.2, -0.15) is 0 Å². The number of nitrogens with zero attached hydrogens (tertiary/aromatic N) is 3. The van der Waals surface area contributed by atoms with Crippen molar-refractivity contribution in [2.45, 2.75) is 88.8 Å². The number of hydrogen-bond donors (Lipinski definition) is 1. The van der Waals surface area contributed by atoms with E-state index in [1.165, 1.54) is 6.42 Å². The second kappa shape index (κ2) is 8.95. The average molecular weight is 439 g/mol. The molecule has 7 heteroatoms. The van der Waals surface area contributed by atoms with Crippen LogP contribution in [0.15, 0.2) is 0 Å². The smallest absolute Gasteiger partial charge is 0.250 e. The molecular weight excluding hydrogens is 400 g/mol. The predicted octanol–water partition coefficient (Wildman–Crippen LogP) is 2.65. The fourth-order valence-electron chi connectivity index (χ4n) is 5.96. The number of carbonyl (C=O) groups excluding carboxylic acids is 2. The number of piperidine rings is 1. The molecular formula is C23H39ClN4O2. The van der Waals surface area contributed by atoms with Crippen molar-refractivity contribution in [2.75, 3.05) is 32.7 Å². The molecule has 30 heavy (non-hydrogen) atoms. The fourth-order valence-corrected chi connectivity index (χ4v) is 6.21. The van der Waals surface area contributed by atoms with Crippen LogP contribution < -0.4 is 5.32 Å². The van der Waals surface area contributed by atoms with Gasteiger partial charge in [0.15, 0.2) is 0 Å². The molecule has 0 bridgehead atoms. The quantitative estimate of drug-likeness (QED) is 0.685. The molecule has 1 spiro atoms. The molecule has 3 aliphatic heterocycles. The molecule has 1 saturated carbocycles. The summed E-state index contributed by atoms with van der Waals surface area (Å²) >= 11 is 6.31. The summed E-state index contributed by atoms with van der Waals surface area (Å²) in [4.78, 5) is 33.4. The summed E-state index contributed by atoms with van der Waals surface area (Å²) in [5.74, 6) is 1.46. The van der Waals surface area contributed by atoms with E-state index in [-0.39, 0.29) is 29.8 Å². The van der Waals surface area contributed by atoms with Crippen LogP contribution in [0.2, 0.25) is 0 Å². The molecule has 1 aliphatic carbocycles. The maximum atomic E-state index is 13.8. The van der Waals surface area contributed by atoms with E-state index in [9.17, 15) is 9.59 Å². The van der Waals surface area contributed by atoms with Crippen molar-refractivity contribution in [3.63, 3.8) is 0 Å². The highest BCUT2D eigenvalue weighted by molar-refractivity contribution is 6.20. The summed E-state index contributed by atoms with van der Waals surface area (Å²) in [5, 5.41) is 3.95. The molecule has 3 saturated heterocycles. The molecule has 4 aliphatic rings. The zero-order valence-corrected chi connectivity index (χ0v) is 19.7. The molecule has 0 aromatic rings. The van der Waals surface area contributed by atoms with Crippen molar-refractivity contribution < 1.29 is 9.59 Å². The second-order valence-electron chi connectivity index (χ2n) is 10.5. The van der Waals surface area contributed by atoms with Crippen molar-refractivity contribution in [1.82, 2.24) is 20.0 Å². The third-order valence-electron chi connectivity index (χ3n) is 7.98. The van der Waals surface area contributed by atoms with Gasteiger partial charge < -0.3 is 15.1 Å². The first-order valence-electron chi connectivity index (χ1n) is 12.0. The number of amides is 2. The van der Waals surface area contributed by atoms with Gasteiger partial charge in [-0.1, -0.05) is 6.92 Å². The largest absolute Gasteiger partial charge is 0.329 e. The number of nitrogens with one attached hydrogen (secondary N) is 1. The number of halogens is 1. The minimum atomic E-state index is -0.692. The topological polar surface area (TPSA) is 55.9 Å². The van der Waals surface area contributed by atoms with Gasteiger partial charge in [-0.15, -0.1) is 11.6 Å². The van der Waals surface area contributed by atoms with E-state index in [2.05, 4.69) is 17.1 Å². The number of hydrogen-bond acceptors (Lipinski definition) is 4. The van der Waals surface area contributed by atoms with E-state index >= 15 is 0 Å². The van der Waals surface area contributed by atoms with Gasteiger partial charge in [-0.05, 0) is 77.2 Å². The van der Waals surface area contributed by atoms with E-state index in [4.69, 9.17) is 11.6 Å². The molecule has 4 fully saturated rings. The standard InChI is InChI=1S/C23H39ClN4O2/c1-16(2)27-14-21(29)28(13-18-5-7-19(24)8-6-18)23(22(27)30)10-11-26(15-23)20-9-4-17(3)12-25-20/h16-20,25H,4-15H2,1-3H3. The Hall–Kier alpha value is -0.850. The molecule has 1 N–H and O–H groups in total. The first-order valence-corrected chi connectivity index (χ1v) is 12.5. The van der Waals surface area contributed by atoms with Crippen LogP contribution in [0, 0.1) is 11.8 Å². The van der Waals surface area contributed by atoms with Gasteiger partial charge in [0.2, 0.25) is 5.91 Å². The number of piperazine rings is 1. The number of carbonyl (C=O) groups is 2. The van der Waals surface area contributed by atoms with E-state index in [0.29, 0.717) is 31.1 Å². The maximum absolute atomic E-state index is 13.8. The minimum absolute atomic E-state index is 0.0508. The van der Waals surface area contributed by atoms with Gasteiger partial charge in [-0.3, -0.25) is 14.5 Å². The van der Waals surface area contributed by atoms with Gasteiger partial charge in [0.25, 0.3) is 5.91 Å². The highest BCUT2D eigenvalue weighted by Crippen LogP contribution is 2.38. The van der Waals surface area contributed by atoms with Crippen LogP contribution in [0.3, 0.4) is 0 Å². The molecule has 3 atom stereocenters. The fraction of sp³-hybridized carbons (Fsp3) is 0.913. The third kappa shape index (κ3) is 4.24. The number of rotatable bonds is 4. The Kier molecular flexibility index (Phi) is 6.67. The highest BCUT2D eigenvalue weighted by atomic mass is 35.5. The normalized spacial score (nSPS) is 38.8. The Morgan fingerprint density at radius 3 is 2.50 bits per heavy atom. The number of alkyl halides is 1. The summed E-state index contributed by atoms with van der Waals surface area (Å²) < 4.78 is 0. The second-order valence-corrected chi connectivity index (χ2v) is 11.1. The van der Waals surface area contributed by atoms with Crippen molar-refractivity contribution in [1.29, 1.82) is 0 Å².